The molecule has 2 aliphatic carbocycles. The number of amides is 3. The molecule has 3 aliphatic rings. The van der Waals surface area contributed by atoms with E-state index in [1.54, 1.807) is 48.5 Å². The predicted octanol–water partition coefficient (Wildman–Crippen LogP) is 3.25. The number of hydrogen-bond donors (Lipinski definition) is 1. The van der Waals surface area contributed by atoms with Crippen molar-refractivity contribution in [3.8, 4) is 0 Å². The topological polar surface area (TPSA) is 66.5 Å². The van der Waals surface area contributed by atoms with Crippen LogP contribution in [0.5, 0.6) is 0 Å². The SMILES string of the molecule is O=C(Nc1cccc(N2C(=O)[C@@H]3[C@H](C2=O)[C@@H]2C=C[C@H]3C2)c1)c1ccccc1. The molecule has 2 aromatic carbocycles. The molecule has 2 fully saturated rings. The predicted molar refractivity (Wildman–Crippen MR) is 101 cm³/mol. The summed E-state index contributed by atoms with van der Waals surface area (Å²) in [7, 11) is 0. The molecule has 0 radical (unpaired) electrons. The molecule has 0 aromatic heterocycles. The highest BCUT2D eigenvalue weighted by molar-refractivity contribution is 6.23. The third-order valence-electron chi connectivity index (χ3n) is 5.87. The molecule has 1 saturated heterocycles. The van der Waals surface area contributed by atoms with Crippen molar-refractivity contribution >= 4 is 29.1 Å². The van der Waals surface area contributed by atoms with Crippen LogP contribution in [0.15, 0.2) is 66.7 Å². The van der Waals surface area contributed by atoms with Gasteiger partial charge in [-0.1, -0.05) is 36.4 Å². The first-order valence-corrected chi connectivity index (χ1v) is 9.16. The van der Waals surface area contributed by atoms with Gasteiger partial charge in [-0.15, -0.1) is 0 Å². The molecule has 134 valence electrons. The van der Waals surface area contributed by atoms with E-state index in [0.717, 1.165) is 6.42 Å². The van der Waals surface area contributed by atoms with E-state index in [9.17, 15) is 14.4 Å². The standard InChI is InChI=1S/C22H18N2O3/c25-20(13-5-2-1-3-6-13)23-16-7-4-8-17(12-16)24-21(26)18-14-9-10-15(11-14)19(18)22(24)27/h1-10,12,14-15,18-19H,11H2,(H,23,25)/t14-,15+,18-,19+. The minimum atomic E-state index is -0.231. The van der Waals surface area contributed by atoms with Crippen LogP contribution in [0.2, 0.25) is 0 Å². The number of fused-ring (bicyclic) bond motifs is 5. The molecule has 5 rings (SSSR count). The summed E-state index contributed by atoms with van der Waals surface area (Å²) < 4.78 is 0. The van der Waals surface area contributed by atoms with Crippen LogP contribution in [0, 0.1) is 23.7 Å². The highest BCUT2D eigenvalue weighted by Gasteiger charge is 2.59. The third kappa shape index (κ3) is 2.42. The summed E-state index contributed by atoms with van der Waals surface area (Å²) in [5.74, 6) is -0.553. The molecule has 1 heterocycles. The van der Waals surface area contributed by atoms with Crippen LogP contribution < -0.4 is 10.2 Å². The van der Waals surface area contributed by atoms with E-state index in [4.69, 9.17) is 0 Å². The summed E-state index contributed by atoms with van der Waals surface area (Å²) in [5, 5.41) is 2.83. The van der Waals surface area contributed by atoms with Crippen molar-refractivity contribution in [2.45, 2.75) is 6.42 Å². The molecule has 4 atom stereocenters. The van der Waals surface area contributed by atoms with Crippen molar-refractivity contribution in [3.63, 3.8) is 0 Å². The highest BCUT2D eigenvalue weighted by Crippen LogP contribution is 2.53. The minimum Gasteiger partial charge on any atom is -0.322 e. The van der Waals surface area contributed by atoms with Crippen molar-refractivity contribution in [2.24, 2.45) is 23.7 Å². The lowest BCUT2D eigenvalue weighted by molar-refractivity contribution is -0.123. The molecule has 5 nitrogen and oxygen atoms in total. The maximum absolute atomic E-state index is 12.9. The lowest BCUT2D eigenvalue weighted by Crippen LogP contribution is -2.32. The fourth-order valence-electron chi connectivity index (χ4n) is 4.67. The van der Waals surface area contributed by atoms with Gasteiger partial charge in [-0.05, 0) is 48.6 Å². The van der Waals surface area contributed by atoms with E-state index in [1.807, 2.05) is 6.07 Å². The van der Waals surface area contributed by atoms with E-state index in [0.29, 0.717) is 16.9 Å². The molecule has 0 spiro atoms. The maximum atomic E-state index is 12.9. The van der Waals surface area contributed by atoms with Gasteiger partial charge in [0.15, 0.2) is 0 Å². The largest absolute Gasteiger partial charge is 0.322 e. The molecule has 5 heteroatoms. The Balaban J connectivity index is 1.41. The molecule has 27 heavy (non-hydrogen) atoms. The number of allylic oxidation sites excluding steroid dienone is 2. The molecule has 0 unspecified atom stereocenters. The van der Waals surface area contributed by atoms with Gasteiger partial charge in [0.1, 0.15) is 0 Å². The summed E-state index contributed by atoms with van der Waals surface area (Å²) >= 11 is 0. The zero-order valence-corrected chi connectivity index (χ0v) is 14.5. The van der Waals surface area contributed by atoms with Crippen molar-refractivity contribution in [3.05, 3.63) is 72.3 Å². The number of carbonyl (C=O) groups is 3. The van der Waals surface area contributed by atoms with Gasteiger partial charge in [-0.25, -0.2) is 4.90 Å². The van der Waals surface area contributed by atoms with Crippen molar-refractivity contribution in [1.29, 1.82) is 0 Å². The second-order valence-electron chi connectivity index (χ2n) is 7.38. The summed E-state index contributed by atoms with van der Waals surface area (Å²) in [4.78, 5) is 39.5. The average Bonchev–Trinajstić information content (AvgIpc) is 3.36. The quantitative estimate of drug-likeness (QED) is 0.677. The van der Waals surface area contributed by atoms with Gasteiger partial charge in [-0.2, -0.15) is 0 Å². The Kier molecular flexibility index (Phi) is 3.50. The van der Waals surface area contributed by atoms with Gasteiger partial charge in [0.2, 0.25) is 11.8 Å². The Morgan fingerprint density at radius 2 is 1.56 bits per heavy atom. The summed E-state index contributed by atoms with van der Waals surface area (Å²) in [6.45, 7) is 0. The lowest BCUT2D eigenvalue weighted by atomic mass is 9.85. The highest BCUT2D eigenvalue weighted by atomic mass is 16.2. The fraction of sp³-hybridized carbons (Fsp3) is 0.227. The molecular formula is C22H18N2O3. The first kappa shape index (κ1) is 16.0. The Bertz CT molecular complexity index is 952. The van der Waals surface area contributed by atoms with Crippen molar-refractivity contribution < 1.29 is 14.4 Å². The lowest BCUT2D eigenvalue weighted by Gasteiger charge is -2.18. The van der Waals surface area contributed by atoms with Gasteiger partial charge >= 0.3 is 0 Å². The van der Waals surface area contributed by atoms with E-state index in [1.165, 1.54) is 4.90 Å². The Morgan fingerprint density at radius 3 is 2.22 bits per heavy atom. The number of anilines is 2. The van der Waals surface area contributed by atoms with Gasteiger partial charge in [0.05, 0.1) is 17.5 Å². The molecule has 1 N–H and O–H groups in total. The molecular weight excluding hydrogens is 340 g/mol. The number of nitrogens with zero attached hydrogens (tertiary/aromatic N) is 1. The second kappa shape index (κ2) is 5.91. The molecule has 3 amide bonds. The third-order valence-corrected chi connectivity index (χ3v) is 5.87. The van der Waals surface area contributed by atoms with E-state index in [-0.39, 0.29) is 41.4 Å². The number of hydrogen-bond acceptors (Lipinski definition) is 3. The van der Waals surface area contributed by atoms with E-state index in [2.05, 4.69) is 17.5 Å². The Labute approximate surface area is 156 Å². The average molecular weight is 358 g/mol. The van der Waals surface area contributed by atoms with Crippen molar-refractivity contribution in [2.75, 3.05) is 10.2 Å². The van der Waals surface area contributed by atoms with Gasteiger partial charge in [-0.3, -0.25) is 14.4 Å². The van der Waals surface area contributed by atoms with E-state index < -0.39 is 0 Å². The molecule has 1 saturated carbocycles. The van der Waals surface area contributed by atoms with Crippen LogP contribution in [0.1, 0.15) is 16.8 Å². The first-order valence-electron chi connectivity index (χ1n) is 9.16. The number of imide groups is 1. The normalized spacial score (nSPS) is 27.9. The number of rotatable bonds is 3. The fourth-order valence-corrected chi connectivity index (χ4v) is 4.67. The second-order valence-corrected chi connectivity index (χ2v) is 7.38. The van der Waals surface area contributed by atoms with Crippen LogP contribution >= 0.6 is 0 Å². The van der Waals surface area contributed by atoms with Crippen LogP contribution in [-0.2, 0) is 9.59 Å². The van der Waals surface area contributed by atoms with Crippen LogP contribution in [-0.4, -0.2) is 17.7 Å². The number of benzene rings is 2. The minimum absolute atomic E-state index is 0.117. The van der Waals surface area contributed by atoms with Crippen LogP contribution in [0.3, 0.4) is 0 Å². The summed E-state index contributed by atoms with van der Waals surface area (Å²) in [6, 6.07) is 15.8. The maximum Gasteiger partial charge on any atom is 0.255 e. The smallest absolute Gasteiger partial charge is 0.255 e. The van der Waals surface area contributed by atoms with Gasteiger partial charge in [0, 0.05) is 11.3 Å². The zero-order valence-electron chi connectivity index (χ0n) is 14.5. The van der Waals surface area contributed by atoms with Gasteiger partial charge in [0.25, 0.3) is 5.91 Å². The first-order chi connectivity index (χ1) is 13.1. The number of carbonyl (C=O) groups excluding carboxylic acids is 3. The molecule has 2 aromatic rings. The zero-order chi connectivity index (χ0) is 18.5. The number of nitrogens with one attached hydrogen (secondary N) is 1. The Hall–Kier alpha value is -3.21. The molecule has 1 aliphatic heterocycles. The monoisotopic (exact) mass is 358 g/mol. The van der Waals surface area contributed by atoms with Crippen LogP contribution in [0.25, 0.3) is 0 Å². The van der Waals surface area contributed by atoms with Crippen molar-refractivity contribution in [1.82, 2.24) is 0 Å². The summed E-state index contributed by atoms with van der Waals surface area (Å²) in [5.41, 5.74) is 1.62. The summed E-state index contributed by atoms with van der Waals surface area (Å²) in [6.07, 6.45) is 5.07. The Morgan fingerprint density at radius 1 is 0.889 bits per heavy atom. The molecule has 2 bridgehead atoms. The van der Waals surface area contributed by atoms with E-state index >= 15 is 0 Å². The van der Waals surface area contributed by atoms with Gasteiger partial charge < -0.3 is 5.32 Å². The van der Waals surface area contributed by atoms with Crippen LogP contribution in [0.4, 0.5) is 11.4 Å².